The number of hydrogen-bond acceptors (Lipinski definition) is 5. The minimum atomic E-state index is -1.15. The zero-order chi connectivity index (χ0) is 16.0. The highest BCUT2D eigenvalue weighted by Gasteiger charge is 2.43. The maximum absolute atomic E-state index is 12.2. The summed E-state index contributed by atoms with van der Waals surface area (Å²) in [5.74, 6) is -0.650. The van der Waals surface area contributed by atoms with Gasteiger partial charge >= 0.3 is 0 Å². The Morgan fingerprint density at radius 1 is 1.32 bits per heavy atom. The molecule has 0 bridgehead atoms. The van der Waals surface area contributed by atoms with Gasteiger partial charge in [-0.3, -0.25) is 9.59 Å². The highest BCUT2D eigenvalue weighted by molar-refractivity contribution is 6.07. The standard InChI is InChI=1S/C16H20N2O4/c1-16(12-5-3-2-4-6-12)14(19)11-13(22-16)15(20)18-8-10-21-9-7-17/h2-6,11H,7-10,17H2,1H3,(H,18,20). The Kier molecular flexibility index (Phi) is 5.30. The second-order valence-electron chi connectivity index (χ2n) is 5.03. The zero-order valence-corrected chi connectivity index (χ0v) is 12.5. The van der Waals surface area contributed by atoms with Crippen LogP contribution in [0.3, 0.4) is 0 Å². The number of carbonyl (C=O) groups is 2. The molecule has 1 heterocycles. The van der Waals surface area contributed by atoms with Crippen molar-refractivity contribution in [1.29, 1.82) is 0 Å². The van der Waals surface area contributed by atoms with Crippen LogP contribution in [0.4, 0.5) is 0 Å². The SMILES string of the molecule is CC1(c2ccccc2)OC(C(=O)NCCOCCN)=CC1=O. The molecule has 6 nitrogen and oxygen atoms in total. The number of benzene rings is 1. The molecule has 0 saturated carbocycles. The second-order valence-corrected chi connectivity index (χ2v) is 5.03. The molecule has 1 aromatic carbocycles. The van der Waals surface area contributed by atoms with Crippen LogP contribution < -0.4 is 11.1 Å². The molecule has 0 spiro atoms. The van der Waals surface area contributed by atoms with Crippen molar-refractivity contribution in [3.8, 4) is 0 Å². The van der Waals surface area contributed by atoms with Crippen LogP contribution in [0.5, 0.6) is 0 Å². The number of rotatable bonds is 7. The van der Waals surface area contributed by atoms with Gasteiger partial charge in [-0.2, -0.15) is 0 Å². The average molecular weight is 304 g/mol. The van der Waals surface area contributed by atoms with Gasteiger partial charge in [-0.25, -0.2) is 0 Å². The number of ether oxygens (including phenoxy) is 2. The summed E-state index contributed by atoms with van der Waals surface area (Å²) in [7, 11) is 0. The third kappa shape index (κ3) is 3.52. The van der Waals surface area contributed by atoms with Gasteiger partial charge in [0.1, 0.15) is 0 Å². The van der Waals surface area contributed by atoms with Gasteiger partial charge in [-0.1, -0.05) is 30.3 Å². The molecule has 1 atom stereocenters. The van der Waals surface area contributed by atoms with Crippen LogP contribution in [0.25, 0.3) is 0 Å². The molecule has 0 fully saturated rings. The maximum atomic E-state index is 12.2. The first-order valence-electron chi connectivity index (χ1n) is 7.14. The third-order valence-corrected chi connectivity index (χ3v) is 3.39. The van der Waals surface area contributed by atoms with Gasteiger partial charge in [0, 0.05) is 24.7 Å². The Hall–Kier alpha value is -2.18. The van der Waals surface area contributed by atoms with E-state index in [1.165, 1.54) is 6.08 Å². The van der Waals surface area contributed by atoms with E-state index in [-0.39, 0.29) is 11.5 Å². The van der Waals surface area contributed by atoms with E-state index in [9.17, 15) is 9.59 Å². The van der Waals surface area contributed by atoms with Crippen LogP contribution in [0, 0.1) is 0 Å². The Morgan fingerprint density at radius 2 is 2.05 bits per heavy atom. The summed E-state index contributed by atoms with van der Waals surface area (Å²) in [6.45, 7) is 3.23. The number of carbonyl (C=O) groups excluding carboxylic acids is 2. The fourth-order valence-electron chi connectivity index (χ4n) is 2.13. The largest absolute Gasteiger partial charge is 0.469 e. The van der Waals surface area contributed by atoms with Gasteiger partial charge in [0.15, 0.2) is 11.4 Å². The molecule has 0 aromatic heterocycles. The molecule has 1 aliphatic rings. The first kappa shape index (κ1) is 16.2. The minimum absolute atomic E-state index is 0.0233. The van der Waals surface area contributed by atoms with Gasteiger partial charge < -0.3 is 20.5 Å². The van der Waals surface area contributed by atoms with E-state index in [0.717, 1.165) is 0 Å². The van der Waals surface area contributed by atoms with E-state index in [4.69, 9.17) is 15.2 Å². The van der Waals surface area contributed by atoms with Gasteiger partial charge in [-0.05, 0) is 6.92 Å². The van der Waals surface area contributed by atoms with Crippen LogP contribution in [0.1, 0.15) is 12.5 Å². The number of hydrogen-bond donors (Lipinski definition) is 2. The molecule has 3 N–H and O–H groups in total. The van der Waals surface area contributed by atoms with E-state index in [2.05, 4.69) is 5.32 Å². The highest BCUT2D eigenvalue weighted by Crippen LogP contribution is 2.34. The lowest BCUT2D eigenvalue weighted by molar-refractivity contribution is -0.132. The molecule has 2 rings (SSSR count). The third-order valence-electron chi connectivity index (χ3n) is 3.39. The van der Waals surface area contributed by atoms with Crippen molar-refractivity contribution >= 4 is 11.7 Å². The summed E-state index contributed by atoms with van der Waals surface area (Å²) in [6, 6.07) is 9.10. The lowest BCUT2D eigenvalue weighted by Crippen LogP contribution is -2.33. The Morgan fingerprint density at radius 3 is 2.73 bits per heavy atom. The van der Waals surface area contributed by atoms with Gasteiger partial charge in [-0.15, -0.1) is 0 Å². The molecule has 0 saturated heterocycles. The maximum Gasteiger partial charge on any atom is 0.286 e. The average Bonchev–Trinajstić information content (AvgIpc) is 2.85. The van der Waals surface area contributed by atoms with E-state index < -0.39 is 11.5 Å². The number of nitrogens with two attached hydrogens (primary N) is 1. The van der Waals surface area contributed by atoms with Gasteiger partial charge in [0.2, 0.25) is 5.78 Å². The first-order valence-corrected chi connectivity index (χ1v) is 7.14. The Labute approximate surface area is 129 Å². The summed E-state index contributed by atoms with van der Waals surface area (Å²) >= 11 is 0. The zero-order valence-electron chi connectivity index (χ0n) is 12.5. The number of amides is 1. The summed E-state index contributed by atoms with van der Waals surface area (Å²) in [5, 5.41) is 2.64. The van der Waals surface area contributed by atoms with Crippen LogP contribution in [-0.2, 0) is 24.7 Å². The molecule has 22 heavy (non-hydrogen) atoms. The van der Waals surface area contributed by atoms with Crippen molar-refractivity contribution in [2.75, 3.05) is 26.3 Å². The van der Waals surface area contributed by atoms with E-state index >= 15 is 0 Å². The topological polar surface area (TPSA) is 90.7 Å². The molecule has 0 aliphatic carbocycles. The Bertz CT molecular complexity index is 571. The normalized spacial score (nSPS) is 20.5. The smallest absolute Gasteiger partial charge is 0.286 e. The second kappa shape index (κ2) is 7.20. The number of ketones is 1. The lowest BCUT2D eigenvalue weighted by Gasteiger charge is -2.23. The van der Waals surface area contributed by atoms with Crippen LogP contribution in [0.15, 0.2) is 42.2 Å². The van der Waals surface area contributed by atoms with Crippen LogP contribution in [-0.4, -0.2) is 38.0 Å². The molecule has 1 amide bonds. The van der Waals surface area contributed by atoms with Gasteiger partial charge in [0.05, 0.1) is 13.2 Å². The van der Waals surface area contributed by atoms with Crippen molar-refractivity contribution in [2.45, 2.75) is 12.5 Å². The van der Waals surface area contributed by atoms with Crippen LogP contribution >= 0.6 is 0 Å². The summed E-state index contributed by atoms with van der Waals surface area (Å²) < 4.78 is 10.8. The predicted molar refractivity (Wildman–Crippen MR) is 80.9 cm³/mol. The molecule has 118 valence electrons. The number of nitrogens with one attached hydrogen (secondary N) is 1. The fourth-order valence-corrected chi connectivity index (χ4v) is 2.13. The van der Waals surface area contributed by atoms with Crippen molar-refractivity contribution in [3.63, 3.8) is 0 Å². The van der Waals surface area contributed by atoms with Crippen molar-refractivity contribution in [1.82, 2.24) is 5.32 Å². The van der Waals surface area contributed by atoms with Crippen LogP contribution in [0.2, 0.25) is 0 Å². The van der Waals surface area contributed by atoms with E-state index in [0.29, 0.717) is 31.9 Å². The first-order chi connectivity index (χ1) is 10.6. The van der Waals surface area contributed by atoms with E-state index in [1.807, 2.05) is 18.2 Å². The molecule has 1 unspecified atom stereocenters. The summed E-state index contributed by atoms with van der Waals surface area (Å²) in [4.78, 5) is 24.2. The fraction of sp³-hybridized carbons (Fsp3) is 0.375. The summed E-state index contributed by atoms with van der Waals surface area (Å²) in [6.07, 6.45) is 1.24. The monoisotopic (exact) mass is 304 g/mol. The van der Waals surface area contributed by atoms with Gasteiger partial charge in [0.25, 0.3) is 5.91 Å². The molecule has 1 aromatic rings. The minimum Gasteiger partial charge on any atom is -0.469 e. The predicted octanol–water partition coefficient (Wildman–Crippen LogP) is 0.477. The summed E-state index contributed by atoms with van der Waals surface area (Å²) in [5.41, 5.74) is 4.86. The lowest BCUT2D eigenvalue weighted by atomic mass is 9.92. The molecule has 6 heteroatoms. The quantitative estimate of drug-likeness (QED) is 0.715. The molecule has 1 aliphatic heterocycles. The van der Waals surface area contributed by atoms with Crippen molar-refractivity contribution in [2.24, 2.45) is 5.73 Å². The molecular weight excluding hydrogens is 284 g/mol. The van der Waals surface area contributed by atoms with Crippen molar-refractivity contribution in [3.05, 3.63) is 47.7 Å². The van der Waals surface area contributed by atoms with Crippen molar-refractivity contribution < 1.29 is 19.1 Å². The molecular formula is C16H20N2O4. The molecule has 0 radical (unpaired) electrons. The highest BCUT2D eigenvalue weighted by atomic mass is 16.5. The Balaban J connectivity index is 1.93. The van der Waals surface area contributed by atoms with E-state index in [1.54, 1.807) is 19.1 Å².